The van der Waals surface area contributed by atoms with Crippen molar-refractivity contribution in [3.63, 3.8) is 0 Å². The van der Waals surface area contributed by atoms with E-state index in [1.165, 1.54) is 25.7 Å². The fourth-order valence-electron chi connectivity index (χ4n) is 3.32. The number of rotatable bonds is 4. The summed E-state index contributed by atoms with van der Waals surface area (Å²) in [6.45, 7) is 1.94. The van der Waals surface area contributed by atoms with Crippen LogP contribution in [0.4, 0.5) is 0 Å². The molecule has 0 radical (unpaired) electrons. The van der Waals surface area contributed by atoms with Crippen molar-refractivity contribution < 1.29 is 4.79 Å². The summed E-state index contributed by atoms with van der Waals surface area (Å²) in [6.07, 6.45) is 5.06. The van der Waals surface area contributed by atoms with E-state index in [2.05, 4.69) is 26.2 Å². The first kappa shape index (κ1) is 14.2. The van der Waals surface area contributed by atoms with Crippen LogP contribution in [0.25, 0.3) is 10.9 Å². The Morgan fingerprint density at radius 3 is 2.59 bits per heavy atom. The molecule has 1 aromatic heterocycles. The van der Waals surface area contributed by atoms with Gasteiger partial charge in [0, 0.05) is 21.6 Å². The average Bonchev–Trinajstić information content (AvgIpc) is 3.37. The van der Waals surface area contributed by atoms with E-state index in [-0.39, 0.29) is 5.91 Å². The fourth-order valence-corrected chi connectivity index (χ4v) is 3.88. The summed E-state index contributed by atoms with van der Waals surface area (Å²) >= 11 is 3.57. The van der Waals surface area contributed by atoms with Crippen molar-refractivity contribution in [3.05, 3.63) is 40.0 Å². The molecule has 1 amide bonds. The molecule has 0 atom stereocenters. The van der Waals surface area contributed by atoms with E-state index in [1.807, 2.05) is 31.2 Å². The van der Waals surface area contributed by atoms with Crippen LogP contribution in [0.1, 0.15) is 41.7 Å². The van der Waals surface area contributed by atoms with Crippen LogP contribution < -0.4 is 5.32 Å². The van der Waals surface area contributed by atoms with Gasteiger partial charge in [0.15, 0.2) is 0 Å². The van der Waals surface area contributed by atoms with Gasteiger partial charge in [0.25, 0.3) is 5.91 Å². The molecular weight excluding hydrogens is 340 g/mol. The maximum Gasteiger partial charge on any atom is 0.252 e. The third-order valence-corrected chi connectivity index (χ3v) is 5.37. The maximum absolute atomic E-state index is 12.9. The van der Waals surface area contributed by atoms with Crippen LogP contribution in [-0.2, 0) is 0 Å². The van der Waals surface area contributed by atoms with Crippen molar-refractivity contribution in [3.8, 4) is 0 Å². The van der Waals surface area contributed by atoms with Crippen LogP contribution in [0.5, 0.6) is 0 Å². The molecule has 114 valence electrons. The fraction of sp³-hybridized carbons (Fsp3) is 0.444. The number of aryl methyl sites for hydroxylation is 1. The van der Waals surface area contributed by atoms with Crippen molar-refractivity contribution in [2.45, 2.75) is 38.6 Å². The van der Waals surface area contributed by atoms with E-state index in [4.69, 9.17) is 0 Å². The number of nitrogens with zero attached hydrogens (tertiary/aromatic N) is 1. The van der Waals surface area contributed by atoms with Crippen LogP contribution >= 0.6 is 15.9 Å². The number of benzene rings is 1. The van der Waals surface area contributed by atoms with Gasteiger partial charge in [-0.05, 0) is 62.6 Å². The highest BCUT2D eigenvalue weighted by Gasteiger charge is 2.42. The normalized spacial score (nSPS) is 18.0. The van der Waals surface area contributed by atoms with Gasteiger partial charge in [0.2, 0.25) is 0 Å². The first-order chi connectivity index (χ1) is 10.6. The number of aromatic nitrogens is 1. The Balaban J connectivity index is 1.71. The second-order valence-electron chi connectivity index (χ2n) is 6.62. The predicted octanol–water partition coefficient (Wildman–Crippen LogP) is 4.22. The summed E-state index contributed by atoms with van der Waals surface area (Å²) in [4.78, 5) is 17.4. The number of amides is 1. The topological polar surface area (TPSA) is 42.0 Å². The van der Waals surface area contributed by atoms with E-state index >= 15 is 0 Å². The highest BCUT2D eigenvalue weighted by atomic mass is 79.9. The molecular formula is C18H19BrN2O. The number of hydrogen-bond donors (Lipinski definition) is 1. The Bertz CT molecular complexity index is 738. The zero-order valence-corrected chi connectivity index (χ0v) is 14.2. The van der Waals surface area contributed by atoms with E-state index < -0.39 is 0 Å². The lowest BCUT2D eigenvalue weighted by molar-refractivity contribution is 0.0928. The quantitative estimate of drug-likeness (QED) is 0.888. The van der Waals surface area contributed by atoms with Crippen molar-refractivity contribution in [1.82, 2.24) is 10.3 Å². The zero-order valence-electron chi connectivity index (χ0n) is 12.6. The molecule has 1 aromatic carbocycles. The van der Waals surface area contributed by atoms with E-state index in [0.717, 1.165) is 26.6 Å². The number of pyridine rings is 1. The first-order valence-corrected chi connectivity index (χ1v) is 8.79. The molecule has 22 heavy (non-hydrogen) atoms. The van der Waals surface area contributed by atoms with Gasteiger partial charge in [-0.1, -0.05) is 22.0 Å². The number of carbonyl (C=O) groups is 1. The minimum Gasteiger partial charge on any atom is -0.349 e. The van der Waals surface area contributed by atoms with Crippen LogP contribution in [0.3, 0.4) is 0 Å². The molecule has 3 nitrogen and oxygen atoms in total. The largest absolute Gasteiger partial charge is 0.349 e. The summed E-state index contributed by atoms with van der Waals surface area (Å²) in [6, 6.07) is 8.16. The molecule has 0 bridgehead atoms. The molecule has 2 aliphatic rings. The summed E-state index contributed by atoms with van der Waals surface area (Å²) < 4.78 is 0.928. The van der Waals surface area contributed by atoms with Crippen molar-refractivity contribution in [1.29, 1.82) is 0 Å². The minimum atomic E-state index is 0.0474. The maximum atomic E-state index is 12.9. The van der Waals surface area contributed by atoms with Crippen molar-refractivity contribution in [2.24, 2.45) is 11.8 Å². The van der Waals surface area contributed by atoms with Gasteiger partial charge in [-0.2, -0.15) is 0 Å². The molecule has 0 aliphatic heterocycles. The second-order valence-corrected chi connectivity index (χ2v) is 7.47. The van der Waals surface area contributed by atoms with Crippen molar-refractivity contribution >= 4 is 32.7 Å². The summed E-state index contributed by atoms with van der Waals surface area (Å²) in [5.74, 6) is 1.45. The number of halogens is 1. The highest BCUT2D eigenvalue weighted by Crippen LogP contribution is 2.44. The Morgan fingerprint density at radius 1 is 1.27 bits per heavy atom. The van der Waals surface area contributed by atoms with Crippen molar-refractivity contribution in [2.75, 3.05) is 0 Å². The monoisotopic (exact) mass is 358 g/mol. The van der Waals surface area contributed by atoms with Crippen LogP contribution in [0.2, 0.25) is 0 Å². The van der Waals surface area contributed by atoms with E-state index in [0.29, 0.717) is 17.9 Å². The lowest BCUT2D eigenvalue weighted by atomic mass is 10.0. The number of nitrogens with one attached hydrogen (secondary N) is 1. The van der Waals surface area contributed by atoms with Crippen LogP contribution in [0.15, 0.2) is 28.7 Å². The smallest absolute Gasteiger partial charge is 0.252 e. The van der Waals surface area contributed by atoms with Gasteiger partial charge in [-0.25, -0.2) is 0 Å². The molecule has 0 unspecified atom stereocenters. The average molecular weight is 359 g/mol. The summed E-state index contributed by atoms with van der Waals surface area (Å²) in [7, 11) is 0. The number of hydrogen-bond acceptors (Lipinski definition) is 2. The highest BCUT2D eigenvalue weighted by molar-refractivity contribution is 9.10. The molecule has 0 saturated heterocycles. The van der Waals surface area contributed by atoms with Gasteiger partial charge in [-0.15, -0.1) is 0 Å². The molecule has 0 spiro atoms. The lowest BCUT2D eigenvalue weighted by Crippen LogP contribution is -2.38. The van der Waals surface area contributed by atoms with Gasteiger partial charge < -0.3 is 5.32 Å². The summed E-state index contributed by atoms with van der Waals surface area (Å²) in [5, 5.41) is 4.23. The Morgan fingerprint density at radius 2 is 1.95 bits per heavy atom. The third kappa shape index (κ3) is 2.65. The standard InChI is InChI=1S/C18H19BrN2O/c1-10-9-13(16-14(19)3-2-4-15(16)20-10)18(22)21-17(11-5-6-11)12-7-8-12/h2-4,9,11-12,17H,5-8H2,1H3,(H,21,22). The van der Waals surface area contributed by atoms with Gasteiger partial charge in [0.1, 0.15) is 0 Å². The molecule has 2 aromatic rings. The Hall–Kier alpha value is -1.42. The minimum absolute atomic E-state index is 0.0474. The van der Waals surface area contributed by atoms with Gasteiger partial charge >= 0.3 is 0 Å². The molecule has 4 rings (SSSR count). The van der Waals surface area contributed by atoms with E-state index in [9.17, 15) is 4.79 Å². The molecule has 1 N–H and O–H groups in total. The molecule has 2 fully saturated rings. The molecule has 2 aliphatic carbocycles. The number of carbonyl (C=O) groups excluding carboxylic acids is 1. The zero-order chi connectivity index (χ0) is 15.3. The SMILES string of the molecule is Cc1cc(C(=O)NC(C2CC2)C2CC2)c2c(Br)cccc2n1. The molecule has 2 saturated carbocycles. The Kier molecular flexibility index (Phi) is 3.44. The summed E-state index contributed by atoms with van der Waals surface area (Å²) in [5.41, 5.74) is 2.49. The second kappa shape index (κ2) is 5.34. The van der Waals surface area contributed by atoms with E-state index in [1.54, 1.807) is 0 Å². The van der Waals surface area contributed by atoms with Gasteiger partial charge in [0.05, 0.1) is 11.1 Å². The third-order valence-electron chi connectivity index (χ3n) is 4.71. The first-order valence-electron chi connectivity index (χ1n) is 8.00. The van der Waals surface area contributed by atoms with Crippen LogP contribution in [0, 0.1) is 18.8 Å². The number of fused-ring (bicyclic) bond motifs is 1. The van der Waals surface area contributed by atoms with Gasteiger partial charge in [-0.3, -0.25) is 9.78 Å². The van der Waals surface area contributed by atoms with Crippen LogP contribution in [-0.4, -0.2) is 16.9 Å². The Labute approximate surface area is 138 Å². The molecule has 1 heterocycles. The molecule has 4 heteroatoms. The predicted molar refractivity (Wildman–Crippen MR) is 90.9 cm³/mol. The lowest BCUT2D eigenvalue weighted by Gasteiger charge is -2.18.